The molecule has 0 saturated carbocycles. The Balaban J connectivity index is 2.07. The summed E-state index contributed by atoms with van der Waals surface area (Å²) in [6.45, 7) is 4.39. The number of aromatic nitrogens is 1. The van der Waals surface area contributed by atoms with Gasteiger partial charge in [0.15, 0.2) is 0 Å². The molecule has 0 saturated heterocycles. The summed E-state index contributed by atoms with van der Waals surface area (Å²) in [5.74, 6) is 0.0409. The Morgan fingerprint density at radius 2 is 2.00 bits per heavy atom. The molecule has 2 aromatic rings. The van der Waals surface area contributed by atoms with Gasteiger partial charge in [-0.15, -0.1) is 0 Å². The number of hydrogen-bond donors (Lipinski definition) is 2. The first kappa shape index (κ1) is 14.5. The lowest BCUT2D eigenvalue weighted by molar-refractivity contribution is 0.0940. The second-order valence-electron chi connectivity index (χ2n) is 4.89. The van der Waals surface area contributed by atoms with E-state index >= 15 is 0 Å². The van der Waals surface area contributed by atoms with Crippen LogP contribution in [-0.2, 0) is 6.54 Å². The number of phenols is 1. The first-order chi connectivity index (χ1) is 9.47. The molecule has 2 N–H and O–H groups in total. The summed E-state index contributed by atoms with van der Waals surface area (Å²) in [7, 11) is 0. The average Bonchev–Trinajstić information content (AvgIpc) is 2.80. The molecule has 5 heteroatoms. The highest BCUT2D eigenvalue weighted by atomic mass is 35.5. The van der Waals surface area contributed by atoms with Gasteiger partial charge in [0, 0.05) is 18.8 Å². The molecular formula is C15H17ClN2O2. The van der Waals surface area contributed by atoms with Gasteiger partial charge in [-0.05, 0) is 37.6 Å². The fourth-order valence-electron chi connectivity index (χ4n) is 1.94. The zero-order valence-corrected chi connectivity index (χ0v) is 12.2. The van der Waals surface area contributed by atoms with Crippen LogP contribution in [-0.4, -0.2) is 15.6 Å². The number of aromatic hydroxyl groups is 1. The van der Waals surface area contributed by atoms with E-state index in [0.29, 0.717) is 17.3 Å². The van der Waals surface area contributed by atoms with Crippen LogP contribution in [0.1, 0.15) is 35.9 Å². The first-order valence-corrected chi connectivity index (χ1v) is 6.78. The highest BCUT2D eigenvalue weighted by Crippen LogP contribution is 2.19. The minimum absolute atomic E-state index is 0.164. The molecule has 1 aromatic heterocycles. The van der Waals surface area contributed by atoms with Gasteiger partial charge in [-0.2, -0.15) is 0 Å². The summed E-state index contributed by atoms with van der Waals surface area (Å²) in [5, 5.41) is 12.6. The highest BCUT2D eigenvalue weighted by Gasteiger charge is 2.14. The molecule has 0 unspecified atom stereocenters. The van der Waals surface area contributed by atoms with Gasteiger partial charge in [-0.25, -0.2) is 0 Å². The lowest BCUT2D eigenvalue weighted by Crippen LogP contribution is -2.25. The van der Waals surface area contributed by atoms with E-state index in [4.69, 9.17) is 11.6 Å². The second-order valence-corrected chi connectivity index (χ2v) is 5.33. The van der Waals surface area contributed by atoms with E-state index in [0.717, 1.165) is 5.56 Å². The van der Waals surface area contributed by atoms with Crippen LogP contribution in [0.3, 0.4) is 0 Å². The number of rotatable bonds is 4. The van der Waals surface area contributed by atoms with Crippen LogP contribution in [0, 0.1) is 0 Å². The predicted octanol–water partition coefficient (Wildman–Crippen LogP) is 3.36. The van der Waals surface area contributed by atoms with Crippen LogP contribution >= 0.6 is 11.6 Å². The highest BCUT2D eigenvalue weighted by molar-refractivity contribution is 6.31. The molecule has 0 bridgehead atoms. The minimum Gasteiger partial charge on any atom is -0.508 e. The fraction of sp³-hybridized carbons (Fsp3) is 0.267. The third-order valence-electron chi connectivity index (χ3n) is 2.99. The van der Waals surface area contributed by atoms with Crippen LogP contribution in [0.15, 0.2) is 36.5 Å². The molecule has 1 amide bonds. The van der Waals surface area contributed by atoms with Crippen molar-refractivity contribution in [3.8, 4) is 5.75 Å². The zero-order chi connectivity index (χ0) is 14.7. The zero-order valence-electron chi connectivity index (χ0n) is 11.4. The summed E-state index contributed by atoms with van der Waals surface area (Å²) < 4.78 is 1.84. The van der Waals surface area contributed by atoms with Gasteiger partial charge in [0.05, 0.1) is 5.02 Å². The lowest BCUT2D eigenvalue weighted by atomic mass is 10.2. The van der Waals surface area contributed by atoms with E-state index in [1.165, 1.54) is 0 Å². The SMILES string of the molecule is CC(C)n1cc(Cl)cc1C(=O)NCc1ccc(O)cc1. The Morgan fingerprint density at radius 1 is 1.35 bits per heavy atom. The number of nitrogens with zero attached hydrogens (tertiary/aromatic N) is 1. The summed E-state index contributed by atoms with van der Waals surface area (Å²) >= 11 is 5.96. The van der Waals surface area contributed by atoms with Crippen LogP contribution in [0.5, 0.6) is 5.75 Å². The third kappa shape index (κ3) is 3.33. The van der Waals surface area contributed by atoms with Crippen molar-refractivity contribution in [3.63, 3.8) is 0 Å². The van der Waals surface area contributed by atoms with Gasteiger partial charge in [-0.3, -0.25) is 4.79 Å². The maximum Gasteiger partial charge on any atom is 0.268 e. The van der Waals surface area contributed by atoms with Crippen molar-refractivity contribution in [2.75, 3.05) is 0 Å². The third-order valence-corrected chi connectivity index (χ3v) is 3.20. The summed E-state index contributed by atoms with van der Waals surface area (Å²) in [6.07, 6.45) is 1.75. The fourth-order valence-corrected chi connectivity index (χ4v) is 2.15. The molecule has 4 nitrogen and oxygen atoms in total. The molecule has 0 radical (unpaired) electrons. The molecule has 1 heterocycles. The number of benzene rings is 1. The van der Waals surface area contributed by atoms with Crippen LogP contribution in [0.2, 0.25) is 5.02 Å². The molecule has 2 rings (SSSR count). The number of nitrogens with one attached hydrogen (secondary N) is 1. The first-order valence-electron chi connectivity index (χ1n) is 6.41. The van der Waals surface area contributed by atoms with E-state index in [1.807, 2.05) is 18.4 Å². The molecular weight excluding hydrogens is 276 g/mol. The van der Waals surface area contributed by atoms with E-state index in [2.05, 4.69) is 5.32 Å². The van der Waals surface area contributed by atoms with Gasteiger partial charge in [-0.1, -0.05) is 23.7 Å². The van der Waals surface area contributed by atoms with Crippen molar-refractivity contribution in [1.29, 1.82) is 0 Å². The van der Waals surface area contributed by atoms with E-state index in [1.54, 1.807) is 36.5 Å². The normalized spacial score (nSPS) is 10.8. The molecule has 0 aliphatic heterocycles. The summed E-state index contributed by atoms with van der Waals surface area (Å²) in [5.41, 5.74) is 1.47. The van der Waals surface area contributed by atoms with Crippen LogP contribution in [0.4, 0.5) is 0 Å². The Hall–Kier alpha value is -1.94. The summed E-state index contributed by atoms with van der Waals surface area (Å²) in [6, 6.07) is 8.54. The Labute approximate surface area is 123 Å². The number of phenolic OH excluding ortho intramolecular Hbond substituents is 1. The van der Waals surface area contributed by atoms with E-state index in [-0.39, 0.29) is 17.7 Å². The number of amides is 1. The Bertz CT molecular complexity index is 603. The van der Waals surface area contributed by atoms with Crippen LogP contribution in [0.25, 0.3) is 0 Å². The largest absolute Gasteiger partial charge is 0.508 e. The van der Waals surface area contributed by atoms with E-state index in [9.17, 15) is 9.90 Å². The average molecular weight is 293 g/mol. The maximum absolute atomic E-state index is 12.2. The van der Waals surface area contributed by atoms with Crippen LogP contribution < -0.4 is 5.32 Å². The Morgan fingerprint density at radius 3 is 2.60 bits per heavy atom. The molecule has 1 aromatic carbocycles. The number of carbonyl (C=O) groups excluding carboxylic acids is 1. The quantitative estimate of drug-likeness (QED) is 0.908. The van der Waals surface area contributed by atoms with Crippen molar-refractivity contribution in [2.24, 2.45) is 0 Å². The molecule has 106 valence electrons. The molecule has 0 atom stereocenters. The Kier molecular flexibility index (Phi) is 4.35. The van der Waals surface area contributed by atoms with Gasteiger partial charge in [0.2, 0.25) is 0 Å². The minimum atomic E-state index is -0.168. The smallest absolute Gasteiger partial charge is 0.268 e. The lowest BCUT2D eigenvalue weighted by Gasteiger charge is -2.12. The monoisotopic (exact) mass is 292 g/mol. The van der Waals surface area contributed by atoms with Gasteiger partial charge in [0.1, 0.15) is 11.4 Å². The standard InChI is InChI=1S/C15H17ClN2O2/c1-10(2)18-9-12(16)7-14(18)15(20)17-8-11-3-5-13(19)6-4-11/h3-7,9-10,19H,8H2,1-2H3,(H,17,20). The molecule has 0 spiro atoms. The summed E-state index contributed by atoms with van der Waals surface area (Å²) in [4.78, 5) is 12.2. The van der Waals surface area contributed by atoms with Gasteiger partial charge in [0.25, 0.3) is 5.91 Å². The van der Waals surface area contributed by atoms with Gasteiger partial charge < -0.3 is 15.0 Å². The van der Waals surface area contributed by atoms with Crippen molar-refractivity contribution in [3.05, 3.63) is 52.8 Å². The topological polar surface area (TPSA) is 54.3 Å². The van der Waals surface area contributed by atoms with Crippen molar-refractivity contribution in [1.82, 2.24) is 9.88 Å². The van der Waals surface area contributed by atoms with Crippen molar-refractivity contribution < 1.29 is 9.90 Å². The number of carbonyl (C=O) groups is 1. The van der Waals surface area contributed by atoms with E-state index < -0.39 is 0 Å². The molecule has 20 heavy (non-hydrogen) atoms. The molecule has 0 aliphatic carbocycles. The van der Waals surface area contributed by atoms with Gasteiger partial charge >= 0.3 is 0 Å². The maximum atomic E-state index is 12.2. The second kappa shape index (κ2) is 6.01. The number of hydrogen-bond acceptors (Lipinski definition) is 2. The number of halogens is 1. The predicted molar refractivity (Wildman–Crippen MR) is 79.1 cm³/mol. The molecule has 0 aliphatic rings. The van der Waals surface area contributed by atoms with Crippen molar-refractivity contribution in [2.45, 2.75) is 26.4 Å². The van der Waals surface area contributed by atoms with Crippen molar-refractivity contribution >= 4 is 17.5 Å². The molecule has 0 fully saturated rings.